The molecule has 0 bridgehead atoms. The van der Waals surface area contributed by atoms with E-state index in [2.05, 4.69) is 59.4 Å². The fraction of sp³-hybridized carbons (Fsp3) is 0.286. The van der Waals surface area contributed by atoms with Crippen molar-refractivity contribution in [3.05, 3.63) is 76.4 Å². The minimum absolute atomic E-state index is 0.326. The number of carbonyl (C=O) groups is 1. The van der Waals surface area contributed by atoms with Crippen molar-refractivity contribution < 1.29 is 9.53 Å². The molecule has 2 aromatic carbocycles. The van der Waals surface area contributed by atoms with E-state index in [1.165, 1.54) is 35.4 Å². The van der Waals surface area contributed by atoms with Crippen LogP contribution in [0.4, 0.5) is 0 Å². The van der Waals surface area contributed by atoms with Gasteiger partial charge in [-0.2, -0.15) is 0 Å². The van der Waals surface area contributed by atoms with Crippen molar-refractivity contribution in [3.63, 3.8) is 0 Å². The van der Waals surface area contributed by atoms with Gasteiger partial charge in [-0.05, 0) is 53.7 Å². The second-order valence-electron chi connectivity index (χ2n) is 6.21. The zero-order valence-electron chi connectivity index (χ0n) is 14.2. The number of rotatable bonds is 5. The fourth-order valence-electron chi connectivity index (χ4n) is 3.23. The summed E-state index contributed by atoms with van der Waals surface area (Å²) in [7, 11) is 1.39. The number of benzene rings is 2. The molecule has 1 unspecified atom stereocenters. The Morgan fingerprint density at radius 2 is 2.12 bits per heavy atom. The van der Waals surface area contributed by atoms with E-state index in [9.17, 15) is 4.79 Å². The Hall–Kier alpha value is -2.39. The maximum atomic E-state index is 11.2. The number of fused-ring (bicyclic) bond motifs is 1. The molecule has 24 heavy (non-hydrogen) atoms. The maximum Gasteiger partial charge on any atom is 0.330 e. The van der Waals surface area contributed by atoms with Crippen LogP contribution in [0.2, 0.25) is 0 Å². The number of methoxy groups -OCH3 is 1. The van der Waals surface area contributed by atoms with Crippen molar-refractivity contribution >= 4 is 12.0 Å². The van der Waals surface area contributed by atoms with Gasteiger partial charge in [0.05, 0.1) is 7.11 Å². The van der Waals surface area contributed by atoms with Crippen molar-refractivity contribution in [2.45, 2.75) is 32.4 Å². The Balaban J connectivity index is 1.68. The van der Waals surface area contributed by atoms with E-state index in [0.717, 1.165) is 24.9 Å². The molecule has 0 aliphatic heterocycles. The van der Waals surface area contributed by atoms with Crippen LogP contribution in [0.3, 0.4) is 0 Å². The highest BCUT2D eigenvalue weighted by Crippen LogP contribution is 2.32. The summed E-state index contributed by atoms with van der Waals surface area (Å²) in [5.74, 6) is -0.326. The molecule has 0 heterocycles. The molecule has 3 heteroatoms. The number of ether oxygens (including phenoxy) is 1. The van der Waals surface area contributed by atoms with E-state index >= 15 is 0 Å². The fourth-order valence-corrected chi connectivity index (χ4v) is 3.23. The molecule has 3 nitrogen and oxygen atoms in total. The Morgan fingerprint density at radius 3 is 2.92 bits per heavy atom. The van der Waals surface area contributed by atoms with Crippen molar-refractivity contribution in [1.29, 1.82) is 0 Å². The molecule has 1 N–H and O–H groups in total. The van der Waals surface area contributed by atoms with Gasteiger partial charge in [0, 0.05) is 18.7 Å². The quantitative estimate of drug-likeness (QED) is 0.669. The topological polar surface area (TPSA) is 38.3 Å². The van der Waals surface area contributed by atoms with Crippen molar-refractivity contribution in [2.24, 2.45) is 0 Å². The third kappa shape index (κ3) is 3.74. The number of hydrogen-bond donors (Lipinski definition) is 1. The molecule has 1 atom stereocenters. The summed E-state index contributed by atoms with van der Waals surface area (Å²) >= 11 is 0. The number of carbonyl (C=O) groups excluding carboxylic acids is 1. The Morgan fingerprint density at radius 1 is 1.29 bits per heavy atom. The number of aryl methyl sites for hydroxylation is 2. The van der Waals surface area contributed by atoms with Gasteiger partial charge in [-0.3, -0.25) is 0 Å². The van der Waals surface area contributed by atoms with E-state index in [-0.39, 0.29) is 5.97 Å². The van der Waals surface area contributed by atoms with Crippen LogP contribution in [0.1, 0.15) is 40.3 Å². The molecule has 0 saturated heterocycles. The molecule has 1 aliphatic carbocycles. The summed E-state index contributed by atoms with van der Waals surface area (Å²) in [6.07, 6.45) is 5.46. The predicted molar refractivity (Wildman–Crippen MR) is 96.6 cm³/mol. The van der Waals surface area contributed by atoms with Gasteiger partial charge in [-0.1, -0.05) is 42.5 Å². The SMILES string of the molecule is COC(=O)/C=C/c1ccc2c(c1)CCC2NCc1ccccc1C. The zero-order chi connectivity index (χ0) is 16.9. The highest BCUT2D eigenvalue weighted by molar-refractivity contribution is 5.86. The van der Waals surface area contributed by atoms with Crippen LogP contribution in [0.25, 0.3) is 6.08 Å². The van der Waals surface area contributed by atoms with E-state index in [4.69, 9.17) is 0 Å². The molecule has 0 saturated carbocycles. The average Bonchev–Trinajstić information content (AvgIpc) is 3.01. The second-order valence-corrected chi connectivity index (χ2v) is 6.21. The minimum Gasteiger partial charge on any atom is -0.466 e. The zero-order valence-corrected chi connectivity index (χ0v) is 14.2. The Labute approximate surface area is 143 Å². The normalized spacial score (nSPS) is 16.3. The van der Waals surface area contributed by atoms with Gasteiger partial charge in [-0.15, -0.1) is 0 Å². The number of nitrogens with one attached hydrogen (secondary N) is 1. The molecule has 3 rings (SSSR count). The molecule has 0 aromatic heterocycles. The van der Waals surface area contributed by atoms with Crippen LogP contribution >= 0.6 is 0 Å². The first kappa shape index (κ1) is 16.5. The second kappa shape index (κ2) is 7.45. The van der Waals surface area contributed by atoms with Crippen molar-refractivity contribution in [2.75, 3.05) is 7.11 Å². The summed E-state index contributed by atoms with van der Waals surface area (Å²) in [6.45, 7) is 3.04. The molecular weight excluding hydrogens is 298 g/mol. The van der Waals surface area contributed by atoms with E-state index in [0.29, 0.717) is 6.04 Å². The first-order valence-electron chi connectivity index (χ1n) is 8.34. The lowest BCUT2D eigenvalue weighted by atomic mass is 10.0. The van der Waals surface area contributed by atoms with Crippen LogP contribution in [-0.4, -0.2) is 13.1 Å². The van der Waals surface area contributed by atoms with Gasteiger partial charge in [0.1, 0.15) is 0 Å². The van der Waals surface area contributed by atoms with Crippen LogP contribution in [0, 0.1) is 6.92 Å². The van der Waals surface area contributed by atoms with Crippen molar-refractivity contribution in [1.82, 2.24) is 5.32 Å². The third-order valence-electron chi connectivity index (χ3n) is 4.66. The maximum absolute atomic E-state index is 11.2. The number of hydrogen-bond acceptors (Lipinski definition) is 3. The van der Waals surface area contributed by atoms with E-state index < -0.39 is 0 Å². The Kier molecular flexibility index (Phi) is 5.11. The predicted octanol–water partition coefficient (Wildman–Crippen LogP) is 3.96. The molecule has 1 aliphatic rings. The van der Waals surface area contributed by atoms with Gasteiger partial charge < -0.3 is 10.1 Å². The van der Waals surface area contributed by atoms with Crippen LogP contribution in [0.15, 0.2) is 48.5 Å². The van der Waals surface area contributed by atoms with Crippen LogP contribution < -0.4 is 5.32 Å². The van der Waals surface area contributed by atoms with E-state index in [1.54, 1.807) is 6.08 Å². The smallest absolute Gasteiger partial charge is 0.330 e. The summed E-state index contributed by atoms with van der Waals surface area (Å²) in [5, 5.41) is 3.68. The van der Waals surface area contributed by atoms with Gasteiger partial charge in [-0.25, -0.2) is 4.79 Å². The molecule has 0 radical (unpaired) electrons. The highest BCUT2D eigenvalue weighted by Gasteiger charge is 2.21. The van der Waals surface area contributed by atoms with Gasteiger partial charge >= 0.3 is 5.97 Å². The minimum atomic E-state index is -0.326. The van der Waals surface area contributed by atoms with E-state index in [1.807, 2.05) is 0 Å². The largest absolute Gasteiger partial charge is 0.466 e. The van der Waals surface area contributed by atoms with Crippen LogP contribution in [0.5, 0.6) is 0 Å². The molecule has 0 amide bonds. The first-order valence-corrected chi connectivity index (χ1v) is 8.34. The summed E-state index contributed by atoms with van der Waals surface area (Å²) in [4.78, 5) is 11.2. The molecule has 2 aromatic rings. The summed E-state index contributed by atoms with van der Waals surface area (Å²) < 4.78 is 4.63. The third-order valence-corrected chi connectivity index (χ3v) is 4.66. The number of esters is 1. The molecular formula is C21H23NO2. The molecule has 0 fully saturated rings. The Bertz CT molecular complexity index is 764. The summed E-state index contributed by atoms with van der Waals surface area (Å²) in [6, 6.07) is 15.3. The molecule has 124 valence electrons. The first-order chi connectivity index (χ1) is 11.7. The van der Waals surface area contributed by atoms with Gasteiger partial charge in [0.15, 0.2) is 0 Å². The standard InChI is InChI=1S/C21H23NO2/c1-15-5-3-4-6-18(15)14-22-20-11-9-17-13-16(7-10-19(17)20)8-12-21(23)24-2/h3-8,10,12-13,20,22H,9,11,14H2,1-2H3/b12-8+. The lowest BCUT2D eigenvalue weighted by Crippen LogP contribution is -2.19. The lowest BCUT2D eigenvalue weighted by Gasteiger charge is -2.15. The highest BCUT2D eigenvalue weighted by atomic mass is 16.5. The average molecular weight is 321 g/mol. The van der Waals surface area contributed by atoms with Gasteiger partial charge in [0.2, 0.25) is 0 Å². The lowest BCUT2D eigenvalue weighted by molar-refractivity contribution is -0.134. The van der Waals surface area contributed by atoms with Crippen molar-refractivity contribution in [3.8, 4) is 0 Å². The van der Waals surface area contributed by atoms with Crippen LogP contribution in [-0.2, 0) is 22.5 Å². The van der Waals surface area contributed by atoms with Gasteiger partial charge in [0.25, 0.3) is 0 Å². The monoisotopic (exact) mass is 321 g/mol. The molecule has 0 spiro atoms. The summed E-state index contributed by atoms with van der Waals surface area (Å²) in [5.41, 5.74) is 6.46.